The van der Waals surface area contributed by atoms with Crippen LogP contribution < -0.4 is 0 Å². The third kappa shape index (κ3) is 3.66. The first-order valence-electron chi connectivity index (χ1n) is 4.91. The van der Waals surface area contributed by atoms with E-state index in [1.54, 1.807) is 0 Å². The first kappa shape index (κ1) is 12.1. The molecule has 0 aromatic rings. The zero-order chi connectivity index (χ0) is 9.61. The summed E-state index contributed by atoms with van der Waals surface area (Å²) in [6.07, 6.45) is 1.97. The van der Waals surface area contributed by atoms with Gasteiger partial charge in [0.1, 0.15) is 0 Å². The van der Waals surface area contributed by atoms with Crippen LogP contribution in [0.15, 0.2) is 11.8 Å². The molecule has 0 atom stereocenters. The molecule has 0 heterocycles. The van der Waals surface area contributed by atoms with Crippen LogP contribution >= 0.6 is 0 Å². The molecule has 0 aromatic heterocycles. The molecule has 0 spiro atoms. The topological polar surface area (TPSA) is 9.23 Å². The summed E-state index contributed by atoms with van der Waals surface area (Å²) in [5.74, 6) is 0. The molecular weight excluding hydrogens is 209 g/mol. The number of hydrogen-bond acceptors (Lipinski definition) is 1. The van der Waals surface area contributed by atoms with Gasteiger partial charge < -0.3 is 0 Å². The maximum atomic E-state index is 5.96. The Labute approximate surface area is 79.9 Å². The Kier molecular flexibility index (Phi) is 5.72. The second-order valence-corrected chi connectivity index (χ2v) is 13.5. The summed E-state index contributed by atoms with van der Waals surface area (Å²) in [5, 5.41) is 3.82. The van der Waals surface area contributed by atoms with E-state index in [9.17, 15) is 0 Å². The van der Waals surface area contributed by atoms with Crippen molar-refractivity contribution in [2.75, 3.05) is 0 Å². The minimum atomic E-state index is -1.86. The average Bonchev–Trinajstić information content (AvgIpc) is 2.08. The van der Waals surface area contributed by atoms with Crippen LogP contribution in [0, 0.1) is 0 Å². The van der Waals surface area contributed by atoms with Crippen molar-refractivity contribution in [1.82, 2.24) is 0 Å². The summed E-state index contributed by atoms with van der Waals surface area (Å²) in [7, 11) is 0. The Morgan fingerprint density at radius 1 is 1.08 bits per heavy atom. The fraction of sp³-hybridized carbons (Fsp3) is 0.800. The van der Waals surface area contributed by atoms with Crippen molar-refractivity contribution < 1.29 is 3.76 Å². The van der Waals surface area contributed by atoms with Crippen LogP contribution in [0.4, 0.5) is 0 Å². The van der Waals surface area contributed by atoms with Gasteiger partial charge >= 0.3 is 79.6 Å². The first-order valence-corrected chi connectivity index (χ1v) is 10.2. The van der Waals surface area contributed by atoms with Gasteiger partial charge in [-0.1, -0.05) is 0 Å². The van der Waals surface area contributed by atoms with Gasteiger partial charge in [0.25, 0.3) is 0 Å². The van der Waals surface area contributed by atoms with E-state index in [-0.39, 0.29) is 0 Å². The molecule has 72 valence electrons. The van der Waals surface area contributed by atoms with E-state index in [1.807, 2.05) is 6.26 Å². The maximum absolute atomic E-state index is 5.96. The summed E-state index contributed by atoms with van der Waals surface area (Å²) < 4.78 is 5.96. The minimum absolute atomic E-state index is 1.27. The van der Waals surface area contributed by atoms with Crippen molar-refractivity contribution in [2.45, 2.75) is 50.4 Å². The van der Waals surface area contributed by atoms with Gasteiger partial charge in [0.05, 0.1) is 0 Å². The third-order valence-corrected chi connectivity index (χ3v) is 11.9. The molecule has 0 unspecified atom stereocenters. The molecule has 0 rings (SSSR count). The molecule has 0 radical (unpaired) electrons. The van der Waals surface area contributed by atoms with Gasteiger partial charge in [-0.15, -0.1) is 0 Å². The molecule has 0 aliphatic heterocycles. The SMILES string of the molecule is C[CH2][Ge]([CH2]C)([CH2]C)[O]C=C(C)C. The van der Waals surface area contributed by atoms with Gasteiger partial charge in [-0.05, 0) is 0 Å². The van der Waals surface area contributed by atoms with E-state index in [0.29, 0.717) is 0 Å². The Morgan fingerprint density at radius 2 is 1.50 bits per heavy atom. The summed E-state index contributed by atoms with van der Waals surface area (Å²) >= 11 is -1.86. The molecule has 0 amide bonds. The van der Waals surface area contributed by atoms with Crippen LogP contribution in [0.2, 0.25) is 15.8 Å². The second kappa shape index (κ2) is 5.68. The predicted octanol–water partition coefficient (Wildman–Crippen LogP) is 3.93. The standard InChI is InChI=1S/C10H22GeO/c1-6-11(7-2,8-3)12-9-10(4)5/h9H,6-8H2,1-5H3. The fourth-order valence-corrected chi connectivity index (χ4v) is 6.46. The quantitative estimate of drug-likeness (QED) is 0.514. The van der Waals surface area contributed by atoms with Gasteiger partial charge in [-0.2, -0.15) is 0 Å². The van der Waals surface area contributed by atoms with Crippen LogP contribution in [-0.4, -0.2) is 13.6 Å². The molecule has 0 saturated carbocycles. The van der Waals surface area contributed by atoms with Crippen molar-refractivity contribution in [2.24, 2.45) is 0 Å². The van der Waals surface area contributed by atoms with Crippen LogP contribution in [0.3, 0.4) is 0 Å². The van der Waals surface area contributed by atoms with Crippen LogP contribution in [0.1, 0.15) is 34.6 Å². The fourth-order valence-electron chi connectivity index (χ4n) is 1.24. The summed E-state index contributed by atoms with van der Waals surface area (Å²) in [4.78, 5) is 0. The van der Waals surface area contributed by atoms with E-state index in [1.165, 1.54) is 21.3 Å². The zero-order valence-electron chi connectivity index (χ0n) is 9.11. The van der Waals surface area contributed by atoms with E-state index in [4.69, 9.17) is 3.76 Å². The Bertz CT molecular complexity index is 136. The van der Waals surface area contributed by atoms with E-state index < -0.39 is 13.6 Å². The Balaban J connectivity index is 4.20. The molecule has 0 saturated heterocycles. The normalized spacial score (nSPS) is 11.1. The van der Waals surface area contributed by atoms with Gasteiger partial charge in [0.2, 0.25) is 0 Å². The number of rotatable bonds is 5. The van der Waals surface area contributed by atoms with Gasteiger partial charge in [-0.25, -0.2) is 0 Å². The summed E-state index contributed by atoms with van der Waals surface area (Å²) in [6, 6.07) is 0. The van der Waals surface area contributed by atoms with E-state index >= 15 is 0 Å². The monoisotopic (exact) mass is 232 g/mol. The molecule has 0 fully saturated rings. The van der Waals surface area contributed by atoms with Gasteiger partial charge in [0.15, 0.2) is 0 Å². The van der Waals surface area contributed by atoms with Crippen LogP contribution in [-0.2, 0) is 3.76 Å². The molecule has 12 heavy (non-hydrogen) atoms. The van der Waals surface area contributed by atoms with E-state index in [0.717, 1.165) is 0 Å². The van der Waals surface area contributed by atoms with Crippen molar-refractivity contribution in [3.05, 3.63) is 11.8 Å². The first-order chi connectivity index (χ1) is 5.60. The molecule has 0 bridgehead atoms. The molecule has 1 nitrogen and oxygen atoms in total. The van der Waals surface area contributed by atoms with Gasteiger partial charge in [-0.3, -0.25) is 0 Å². The molecular formula is C10H22GeO. The van der Waals surface area contributed by atoms with Crippen LogP contribution in [0.5, 0.6) is 0 Å². The van der Waals surface area contributed by atoms with Crippen molar-refractivity contribution in [3.8, 4) is 0 Å². The van der Waals surface area contributed by atoms with Crippen molar-refractivity contribution >= 4 is 13.6 Å². The molecule has 0 aliphatic carbocycles. The summed E-state index contributed by atoms with van der Waals surface area (Å²) in [6.45, 7) is 11.0. The molecule has 0 N–H and O–H groups in total. The van der Waals surface area contributed by atoms with Crippen molar-refractivity contribution in [1.29, 1.82) is 0 Å². The predicted molar refractivity (Wildman–Crippen MR) is 57.7 cm³/mol. The second-order valence-electron chi connectivity index (χ2n) is 3.56. The Hall–Kier alpha value is 0.0829. The number of hydrogen-bond donors (Lipinski definition) is 0. The van der Waals surface area contributed by atoms with Gasteiger partial charge in [0, 0.05) is 0 Å². The van der Waals surface area contributed by atoms with E-state index in [2.05, 4.69) is 34.6 Å². The third-order valence-electron chi connectivity index (χ3n) is 2.48. The number of allylic oxidation sites excluding steroid dienone is 1. The van der Waals surface area contributed by atoms with Crippen molar-refractivity contribution in [3.63, 3.8) is 0 Å². The molecule has 2 heteroatoms. The molecule has 0 aromatic carbocycles. The Morgan fingerprint density at radius 3 is 1.75 bits per heavy atom. The zero-order valence-corrected chi connectivity index (χ0v) is 11.2. The molecule has 0 aliphatic rings. The average molecular weight is 231 g/mol. The van der Waals surface area contributed by atoms with Crippen LogP contribution in [0.25, 0.3) is 0 Å². The summed E-state index contributed by atoms with van der Waals surface area (Å²) in [5.41, 5.74) is 1.28.